The van der Waals surface area contributed by atoms with Crippen molar-refractivity contribution in [2.45, 2.75) is 19.1 Å². The standard InChI is InChI=1S/C15H25NO4/c1-12(16)15(20-11-10-19-9-8-17-2)13-4-6-14(18-3)7-5-13/h4-7,12,15H,8-11,16H2,1-3H3. The van der Waals surface area contributed by atoms with Crippen molar-refractivity contribution >= 4 is 0 Å². The molecule has 5 nitrogen and oxygen atoms in total. The Morgan fingerprint density at radius 1 is 1.00 bits per heavy atom. The maximum atomic E-state index is 5.98. The second-order valence-electron chi connectivity index (χ2n) is 4.53. The number of hydrogen-bond acceptors (Lipinski definition) is 5. The maximum absolute atomic E-state index is 5.98. The fraction of sp³-hybridized carbons (Fsp3) is 0.600. The van der Waals surface area contributed by atoms with Crippen LogP contribution in [0.5, 0.6) is 5.75 Å². The Labute approximate surface area is 121 Å². The Morgan fingerprint density at radius 2 is 1.65 bits per heavy atom. The van der Waals surface area contributed by atoms with Gasteiger partial charge in [-0.1, -0.05) is 12.1 Å². The molecule has 20 heavy (non-hydrogen) atoms. The Bertz CT molecular complexity index is 353. The summed E-state index contributed by atoms with van der Waals surface area (Å²) in [5.41, 5.74) is 7.02. The lowest BCUT2D eigenvalue weighted by atomic mass is 10.0. The first-order valence-electron chi connectivity index (χ1n) is 6.77. The molecule has 0 bridgehead atoms. The van der Waals surface area contributed by atoms with E-state index in [9.17, 15) is 0 Å². The number of hydrogen-bond donors (Lipinski definition) is 1. The fourth-order valence-electron chi connectivity index (χ4n) is 1.82. The van der Waals surface area contributed by atoms with E-state index in [0.29, 0.717) is 26.4 Å². The van der Waals surface area contributed by atoms with Gasteiger partial charge < -0.3 is 24.7 Å². The Balaban J connectivity index is 2.43. The first-order chi connectivity index (χ1) is 9.69. The molecule has 0 aliphatic carbocycles. The fourth-order valence-corrected chi connectivity index (χ4v) is 1.82. The molecule has 0 saturated heterocycles. The van der Waals surface area contributed by atoms with E-state index in [4.69, 9.17) is 24.7 Å². The molecule has 5 heteroatoms. The van der Waals surface area contributed by atoms with Gasteiger partial charge >= 0.3 is 0 Å². The molecule has 1 aromatic rings. The lowest BCUT2D eigenvalue weighted by Gasteiger charge is -2.22. The van der Waals surface area contributed by atoms with E-state index in [2.05, 4.69) is 0 Å². The molecule has 2 atom stereocenters. The van der Waals surface area contributed by atoms with Gasteiger partial charge in [-0.2, -0.15) is 0 Å². The lowest BCUT2D eigenvalue weighted by molar-refractivity contribution is -0.0141. The third-order valence-corrected chi connectivity index (χ3v) is 2.88. The van der Waals surface area contributed by atoms with E-state index >= 15 is 0 Å². The molecule has 0 fully saturated rings. The van der Waals surface area contributed by atoms with Gasteiger partial charge in [0.25, 0.3) is 0 Å². The van der Waals surface area contributed by atoms with Gasteiger partial charge in [0.2, 0.25) is 0 Å². The smallest absolute Gasteiger partial charge is 0.118 e. The number of nitrogens with two attached hydrogens (primary N) is 1. The number of ether oxygens (including phenoxy) is 4. The van der Waals surface area contributed by atoms with E-state index in [1.807, 2.05) is 31.2 Å². The van der Waals surface area contributed by atoms with Crippen molar-refractivity contribution < 1.29 is 18.9 Å². The number of rotatable bonds is 10. The molecule has 2 unspecified atom stereocenters. The highest BCUT2D eigenvalue weighted by molar-refractivity contribution is 5.29. The number of benzene rings is 1. The molecule has 2 N–H and O–H groups in total. The SMILES string of the molecule is COCCOCCOC(c1ccc(OC)cc1)C(C)N. The summed E-state index contributed by atoms with van der Waals surface area (Å²) in [6, 6.07) is 7.66. The predicted octanol–water partition coefficient (Wildman–Crippen LogP) is 1.76. The van der Waals surface area contributed by atoms with E-state index in [-0.39, 0.29) is 12.1 Å². The molecule has 0 amide bonds. The average molecular weight is 283 g/mol. The van der Waals surface area contributed by atoms with Crippen LogP contribution in [0.3, 0.4) is 0 Å². The van der Waals surface area contributed by atoms with Crippen LogP contribution in [0.15, 0.2) is 24.3 Å². The molecule has 1 aromatic carbocycles. The molecule has 0 heterocycles. The average Bonchev–Trinajstić information content (AvgIpc) is 2.46. The van der Waals surface area contributed by atoms with Crippen LogP contribution < -0.4 is 10.5 Å². The van der Waals surface area contributed by atoms with Crippen LogP contribution in [-0.4, -0.2) is 46.7 Å². The van der Waals surface area contributed by atoms with Gasteiger partial charge in [-0.05, 0) is 24.6 Å². The first kappa shape index (κ1) is 16.9. The highest BCUT2D eigenvalue weighted by atomic mass is 16.5. The zero-order chi connectivity index (χ0) is 14.8. The molecule has 0 spiro atoms. The maximum Gasteiger partial charge on any atom is 0.118 e. The Kier molecular flexibility index (Phi) is 8.22. The Hall–Kier alpha value is -1.14. The van der Waals surface area contributed by atoms with Crippen LogP contribution >= 0.6 is 0 Å². The van der Waals surface area contributed by atoms with Crippen molar-refractivity contribution in [3.8, 4) is 5.75 Å². The topological polar surface area (TPSA) is 62.9 Å². The van der Waals surface area contributed by atoms with E-state index in [0.717, 1.165) is 11.3 Å². The molecular weight excluding hydrogens is 258 g/mol. The zero-order valence-electron chi connectivity index (χ0n) is 12.5. The molecule has 114 valence electrons. The van der Waals surface area contributed by atoms with Gasteiger partial charge in [-0.25, -0.2) is 0 Å². The summed E-state index contributed by atoms with van der Waals surface area (Å²) in [5, 5.41) is 0. The van der Waals surface area contributed by atoms with Gasteiger partial charge in [0.05, 0.1) is 39.6 Å². The van der Waals surface area contributed by atoms with Gasteiger partial charge in [0.15, 0.2) is 0 Å². The van der Waals surface area contributed by atoms with E-state index in [1.165, 1.54) is 0 Å². The predicted molar refractivity (Wildman–Crippen MR) is 78.0 cm³/mol. The van der Waals surface area contributed by atoms with Gasteiger partial charge in [-0.15, -0.1) is 0 Å². The molecular formula is C15H25NO4. The highest BCUT2D eigenvalue weighted by Gasteiger charge is 2.16. The quantitative estimate of drug-likeness (QED) is 0.663. The largest absolute Gasteiger partial charge is 0.497 e. The molecule has 1 rings (SSSR count). The van der Waals surface area contributed by atoms with Gasteiger partial charge in [-0.3, -0.25) is 0 Å². The van der Waals surface area contributed by atoms with Crippen molar-refractivity contribution in [3.05, 3.63) is 29.8 Å². The summed E-state index contributed by atoms with van der Waals surface area (Å²) in [6.07, 6.45) is -0.146. The summed E-state index contributed by atoms with van der Waals surface area (Å²) in [4.78, 5) is 0. The van der Waals surface area contributed by atoms with Gasteiger partial charge in [0, 0.05) is 13.2 Å². The van der Waals surface area contributed by atoms with Crippen LogP contribution in [0.4, 0.5) is 0 Å². The second kappa shape index (κ2) is 9.72. The third-order valence-electron chi connectivity index (χ3n) is 2.88. The van der Waals surface area contributed by atoms with E-state index in [1.54, 1.807) is 14.2 Å². The van der Waals surface area contributed by atoms with Crippen LogP contribution in [-0.2, 0) is 14.2 Å². The summed E-state index contributed by atoms with van der Waals surface area (Å²) < 4.78 is 21.2. The number of methoxy groups -OCH3 is 2. The van der Waals surface area contributed by atoms with Crippen molar-refractivity contribution in [2.24, 2.45) is 5.73 Å². The minimum absolute atomic E-state index is 0.0950. The molecule has 0 aromatic heterocycles. The molecule has 0 saturated carbocycles. The normalized spacial score (nSPS) is 14.0. The van der Waals surface area contributed by atoms with Crippen molar-refractivity contribution in [2.75, 3.05) is 40.6 Å². The third kappa shape index (κ3) is 5.88. The molecule has 0 aliphatic rings. The minimum Gasteiger partial charge on any atom is -0.497 e. The lowest BCUT2D eigenvalue weighted by Crippen LogP contribution is -2.28. The molecule has 0 radical (unpaired) electrons. The summed E-state index contributed by atoms with van der Waals surface area (Å²) in [5.74, 6) is 0.820. The monoisotopic (exact) mass is 283 g/mol. The summed E-state index contributed by atoms with van der Waals surface area (Å²) in [6.45, 7) is 4.13. The van der Waals surface area contributed by atoms with Crippen LogP contribution in [0, 0.1) is 0 Å². The van der Waals surface area contributed by atoms with Crippen LogP contribution in [0.1, 0.15) is 18.6 Å². The summed E-state index contributed by atoms with van der Waals surface area (Å²) in [7, 11) is 3.29. The second-order valence-corrected chi connectivity index (χ2v) is 4.53. The van der Waals surface area contributed by atoms with Crippen LogP contribution in [0.25, 0.3) is 0 Å². The summed E-state index contributed by atoms with van der Waals surface area (Å²) >= 11 is 0. The molecule has 0 aliphatic heterocycles. The van der Waals surface area contributed by atoms with Crippen molar-refractivity contribution in [1.82, 2.24) is 0 Å². The van der Waals surface area contributed by atoms with Gasteiger partial charge in [0.1, 0.15) is 5.75 Å². The minimum atomic E-state index is -0.146. The van der Waals surface area contributed by atoms with Crippen molar-refractivity contribution in [1.29, 1.82) is 0 Å². The highest BCUT2D eigenvalue weighted by Crippen LogP contribution is 2.22. The van der Waals surface area contributed by atoms with Crippen LogP contribution in [0.2, 0.25) is 0 Å². The first-order valence-corrected chi connectivity index (χ1v) is 6.77. The zero-order valence-corrected chi connectivity index (χ0v) is 12.5. The van der Waals surface area contributed by atoms with Crippen molar-refractivity contribution in [3.63, 3.8) is 0 Å². The van der Waals surface area contributed by atoms with E-state index < -0.39 is 0 Å². The Morgan fingerprint density at radius 3 is 2.20 bits per heavy atom.